The Morgan fingerprint density at radius 1 is 1.50 bits per heavy atom. The maximum atomic E-state index is 9.56. The second kappa shape index (κ2) is 2.72. The van der Waals surface area contributed by atoms with Crippen LogP contribution in [-0.2, 0) is 0 Å². The van der Waals surface area contributed by atoms with E-state index in [1.54, 1.807) is 13.0 Å². The van der Waals surface area contributed by atoms with Gasteiger partial charge in [0.1, 0.15) is 5.60 Å². The molecule has 1 aliphatic rings. The van der Waals surface area contributed by atoms with Gasteiger partial charge in [-0.05, 0) is 13.0 Å². The first-order valence-corrected chi connectivity index (χ1v) is 3.27. The summed E-state index contributed by atoms with van der Waals surface area (Å²) in [4.78, 5) is 0. The Labute approximate surface area is 61.1 Å². The van der Waals surface area contributed by atoms with Gasteiger partial charge >= 0.3 is 0 Å². The van der Waals surface area contributed by atoms with Crippen molar-refractivity contribution in [1.82, 2.24) is 0 Å². The van der Waals surface area contributed by atoms with Crippen LogP contribution in [0, 0.1) is 11.8 Å². The van der Waals surface area contributed by atoms with Gasteiger partial charge in [0.25, 0.3) is 0 Å². The SMILES string of the molecule is CC#CC1(O)C=CC=CC1. The molecule has 1 heteroatoms. The Morgan fingerprint density at radius 3 is 2.80 bits per heavy atom. The van der Waals surface area contributed by atoms with Crippen LogP contribution in [0.3, 0.4) is 0 Å². The Morgan fingerprint density at radius 2 is 2.30 bits per heavy atom. The smallest absolute Gasteiger partial charge is 0.147 e. The second-order valence-corrected chi connectivity index (χ2v) is 2.29. The van der Waals surface area contributed by atoms with Gasteiger partial charge in [-0.1, -0.05) is 24.1 Å². The van der Waals surface area contributed by atoms with Crippen molar-refractivity contribution in [2.75, 3.05) is 0 Å². The minimum atomic E-state index is -0.899. The molecule has 1 rings (SSSR count). The van der Waals surface area contributed by atoms with E-state index in [0.29, 0.717) is 6.42 Å². The fraction of sp³-hybridized carbons (Fsp3) is 0.333. The van der Waals surface area contributed by atoms with Crippen molar-refractivity contribution in [3.05, 3.63) is 24.3 Å². The van der Waals surface area contributed by atoms with Gasteiger partial charge < -0.3 is 5.11 Å². The van der Waals surface area contributed by atoms with Crippen LogP contribution < -0.4 is 0 Å². The van der Waals surface area contributed by atoms with Crippen molar-refractivity contribution in [2.45, 2.75) is 18.9 Å². The number of hydrogen-bond acceptors (Lipinski definition) is 1. The third-order valence-electron chi connectivity index (χ3n) is 1.39. The first kappa shape index (κ1) is 7.11. The molecule has 0 aliphatic heterocycles. The summed E-state index contributed by atoms with van der Waals surface area (Å²) in [6.07, 6.45) is 7.94. The summed E-state index contributed by atoms with van der Waals surface area (Å²) < 4.78 is 0. The highest BCUT2D eigenvalue weighted by atomic mass is 16.3. The molecule has 0 aromatic heterocycles. The number of allylic oxidation sites excluding steroid dienone is 2. The van der Waals surface area contributed by atoms with E-state index in [-0.39, 0.29) is 0 Å². The Bertz CT molecular complexity index is 227. The Balaban J connectivity index is 2.77. The van der Waals surface area contributed by atoms with E-state index in [0.717, 1.165) is 0 Å². The summed E-state index contributed by atoms with van der Waals surface area (Å²) in [5, 5.41) is 9.56. The lowest BCUT2D eigenvalue weighted by Crippen LogP contribution is -2.23. The average molecular weight is 134 g/mol. The molecule has 0 heterocycles. The molecule has 0 spiro atoms. The van der Waals surface area contributed by atoms with Crippen molar-refractivity contribution >= 4 is 0 Å². The topological polar surface area (TPSA) is 20.2 Å². The van der Waals surface area contributed by atoms with Crippen LogP contribution >= 0.6 is 0 Å². The van der Waals surface area contributed by atoms with Gasteiger partial charge in [-0.2, -0.15) is 0 Å². The lowest BCUT2D eigenvalue weighted by atomic mass is 9.96. The van der Waals surface area contributed by atoms with Crippen LogP contribution in [0.5, 0.6) is 0 Å². The molecule has 10 heavy (non-hydrogen) atoms. The molecular weight excluding hydrogens is 124 g/mol. The van der Waals surface area contributed by atoms with Crippen LogP contribution in [0.2, 0.25) is 0 Å². The molecule has 0 aromatic rings. The van der Waals surface area contributed by atoms with Crippen LogP contribution in [0.25, 0.3) is 0 Å². The molecule has 0 radical (unpaired) electrons. The van der Waals surface area contributed by atoms with Crippen LogP contribution in [0.4, 0.5) is 0 Å². The van der Waals surface area contributed by atoms with E-state index >= 15 is 0 Å². The first-order valence-electron chi connectivity index (χ1n) is 3.27. The summed E-state index contributed by atoms with van der Waals surface area (Å²) in [6.45, 7) is 1.73. The first-order chi connectivity index (χ1) is 4.77. The third-order valence-corrected chi connectivity index (χ3v) is 1.39. The zero-order chi connectivity index (χ0) is 7.45. The molecule has 1 N–H and O–H groups in total. The molecule has 1 atom stereocenters. The average Bonchev–Trinajstić information content (AvgIpc) is 1.89. The zero-order valence-corrected chi connectivity index (χ0v) is 5.96. The summed E-state index contributed by atoms with van der Waals surface area (Å²) in [5.41, 5.74) is -0.899. The van der Waals surface area contributed by atoms with E-state index < -0.39 is 5.60 Å². The molecular formula is C9H10O. The monoisotopic (exact) mass is 134 g/mol. The maximum absolute atomic E-state index is 9.56. The molecule has 52 valence electrons. The summed E-state index contributed by atoms with van der Waals surface area (Å²) >= 11 is 0. The van der Waals surface area contributed by atoms with Crippen molar-refractivity contribution in [1.29, 1.82) is 0 Å². The number of aliphatic hydroxyl groups is 1. The second-order valence-electron chi connectivity index (χ2n) is 2.29. The van der Waals surface area contributed by atoms with E-state index in [4.69, 9.17) is 0 Å². The number of hydrogen-bond donors (Lipinski definition) is 1. The predicted octanol–water partition coefficient (Wildman–Crippen LogP) is 1.26. The molecule has 0 saturated heterocycles. The lowest BCUT2D eigenvalue weighted by molar-refractivity contribution is 0.155. The highest BCUT2D eigenvalue weighted by Gasteiger charge is 2.18. The minimum absolute atomic E-state index is 0.602. The Hall–Kier alpha value is -1.00. The van der Waals surface area contributed by atoms with Gasteiger partial charge in [0.2, 0.25) is 0 Å². The lowest BCUT2D eigenvalue weighted by Gasteiger charge is -2.17. The Kier molecular flexibility index (Phi) is 1.94. The largest absolute Gasteiger partial charge is 0.374 e. The summed E-state index contributed by atoms with van der Waals surface area (Å²) in [5.74, 6) is 5.42. The van der Waals surface area contributed by atoms with E-state index in [2.05, 4.69) is 11.8 Å². The van der Waals surface area contributed by atoms with Gasteiger partial charge in [0.15, 0.2) is 0 Å². The molecule has 0 fully saturated rings. The van der Waals surface area contributed by atoms with Gasteiger partial charge in [0, 0.05) is 6.42 Å². The minimum Gasteiger partial charge on any atom is -0.374 e. The molecule has 1 unspecified atom stereocenters. The number of rotatable bonds is 0. The quantitative estimate of drug-likeness (QED) is 0.494. The van der Waals surface area contributed by atoms with Gasteiger partial charge in [-0.3, -0.25) is 0 Å². The standard InChI is InChI=1S/C9H10O/c1-2-6-9(10)7-4-3-5-8-9/h3-5,7,10H,8H2,1H3. The molecule has 1 nitrogen and oxygen atoms in total. The zero-order valence-electron chi connectivity index (χ0n) is 5.96. The fourth-order valence-electron chi connectivity index (χ4n) is 0.918. The van der Waals surface area contributed by atoms with Crippen molar-refractivity contribution in [2.24, 2.45) is 0 Å². The third kappa shape index (κ3) is 1.49. The van der Waals surface area contributed by atoms with Gasteiger partial charge in [-0.25, -0.2) is 0 Å². The normalized spacial score (nSPS) is 29.4. The van der Waals surface area contributed by atoms with Crippen molar-refractivity contribution in [3.8, 4) is 11.8 Å². The van der Waals surface area contributed by atoms with Crippen LogP contribution in [0.1, 0.15) is 13.3 Å². The highest BCUT2D eigenvalue weighted by molar-refractivity contribution is 5.29. The summed E-state index contributed by atoms with van der Waals surface area (Å²) in [7, 11) is 0. The van der Waals surface area contributed by atoms with Crippen LogP contribution in [0.15, 0.2) is 24.3 Å². The molecule has 0 bridgehead atoms. The van der Waals surface area contributed by atoms with Crippen molar-refractivity contribution in [3.63, 3.8) is 0 Å². The van der Waals surface area contributed by atoms with Gasteiger partial charge in [-0.15, -0.1) is 5.92 Å². The van der Waals surface area contributed by atoms with E-state index in [9.17, 15) is 5.11 Å². The van der Waals surface area contributed by atoms with E-state index in [1.807, 2.05) is 18.2 Å². The molecule has 0 saturated carbocycles. The summed E-state index contributed by atoms with van der Waals surface area (Å²) in [6, 6.07) is 0. The molecule has 0 amide bonds. The predicted molar refractivity (Wildman–Crippen MR) is 41.3 cm³/mol. The fourth-order valence-corrected chi connectivity index (χ4v) is 0.918. The molecule has 1 aliphatic carbocycles. The van der Waals surface area contributed by atoms with Crippen molar-refractivity contribution < 1.29 is 5.11 Å². The highest BCUT2D eigenvalue weighted by Crippen LogP contribution is 2.15. The molecule has 0 aromatic carbocycles. The van der Waals surface area contributed by atoms with E-state index in [1.165, 1.54) is 0 Å². The van der Waals surface area contributed by atoms with Gasteiger partial charge in [0.05, 0.1) is 0 Å². The maximum Gasteiger partial charge on any atom is 0.147 e. The van der Waals surface area contributed by atoms with Crippen LogP contribution in [-0.4, -0.2) is 10.7 Å².